The van der Waals surface area contributed by atoms with E-state index in [-0.39, 0.29) is 17.7 Å². The molecule has 0 amide bonds. The van der Waals surface area contributed by atoms with Crippen LogP contribution < -0.4 is 5.73 Å². The lowest BCUT2D eigenvalue weighted by molar-refractivity contribution is -0.107. The summed E-state index contributed by atoms with van der Waals surface area (Å²) >= 11 is 0. The Kier molecular flexibility index (Phi) is 3.47. The van der Waals surface area contributed by atoms with Crippen molar-refractivity contribution in [3.63, 3.8) is 0 Å². The van der Waals surface area contributed by atoms with Crippen molar-refractivity contribution < 1.29 is 14.7 Å². The molecule has 3 N–H and O–H groups in total. The average Bonchev–Trinajstić information content (AvgIpc) is 2.20. The van der Waals surface area contributed by atoms with Crippen LogP contribution in [-0.4, -0.2) is 17.4 Å². The first kappa shape index (κ1) is 10.8. The van der Waals surface area contributed by atoms with Gasteiger partial charge in [-0.2, -0.15) is 0 Å². The van der Waals surface area contributed by atoms with Crippen molar-refractivity contribution in [2.75, 3.05) is 5.73 Å². The smallest absolute Gasteiger partial charge is 0.337 e. The van der Waals surface area contributed by atoms with Crippen LogP contribution in [0.15, 0.2) is 18.2 Å². The second kappa shape index (κ2) is 4.82. The summed E-state index contributed by atoms with van der Waals surface area (Å²) in [6, 6.07) is 4.48. The molecule has 0 spiro atoms. The standard InChI is InChI=1S/C11H9NO3/c12-10-5-4-8(3-1-2-6-13)7-9(10)11(14)15/h4-7H,2,12H2,(H,14,15). The van der Waals surface area contributed by atoms with Crippen LogP contribution in [0.5, 0.6) is 0 Å². The van der Waals surface area contributed by atoms with Gasteiger partial charge in [-0.15, -0.1) is 0 Å². The van der Waals surface area contributed by atoms with Crippen molar-refractivity contribution in [1.82, 2.24) is 0 Å². The summed E-state index contributed by atoms with van der Waals surface area (Å²) in [5.74, 6) is 4.16. The van der Waals surface area contributed by atoms with E-state index in [9.17, 15) is 9.59 Å². The zero-order chi connectivity index (χ0) is 11.3. The van der Waals surface area contributed by atoms with Gasteiger partial charge in [0, 0.05) is 11.3 Å². The Morgan fingerprint density at radius 3 is 2.87 bits per heavy atom. The number of carbonyl (C=O) groups is 2. The van der Waals surface area contributed by atoms with E-state index in [4.69, 9.17) is 10.8 Å². The lowest BCUT2D eigenvalue weighted by atomic mass is 10.1. The number of benzene rings is 1. The van der Waals surface area contributed by atoms with Crippen molar-refractivity contribution >= 4 is 17.9 Å². The monoisotopic (exact) mass is 203 g/mol. The Labute approximate surface area is 86.7 Å². The maximum atomic E-state index is 10.7. The van der Waals surface area contributed by atoms with Crippen LogP contribution in [0.25, 0.3) is 0 Å². The molecule has 1 aromatic rings. The van der Waals surface area contributed by atoms with Gasteiger partial charge in [-0.1, -0.05) is 11.8 Å². The highest BCUT2D eigenvalue weighted by Gasteiger charge is 2.07. The SMILES string of the molecule is Nc1ccc(C#CCC=O)cc1C(=O)O. The number of nitrogen functional groups attached to an aromatic ring is 1. The van der Waals surface area contributed by atoms with E-state index < -0.39 is 5.97 Å². The van der Waals surface area contributed by atoms with Crippen LogP contribution in [0, 0.1) is 11.8 Å². The third-order valence-corrected chi connectivity index (χ3v) is 1.70. The Hall–Kier alpha value is -2.28. The number of hydrogen-bond donors (Lipinski definition) is 2. The maximum Gasteiger partial charge on any atom is 0.337 e. The van der Waals surface area contributed by atoms with Gasteiger partial charge in [-0.05, 0) is 18.2 Å². The van der Waals surface area contributed by atoms with E-state index in [1.54, 1.807) is 6.07 Å². The van der Waals surface area contributed by atoms with Crippen molar-refractivity contribution in [2.24, 2.45) is 0 Å². The van der Waals surface area contributed by atoms with Crippen LogP contribution in [0.3, 0.4) is 0 Å². The third-order valence-electron chi connectivity index (χ3n) is 1.70. The number of carbonyl (C=O) groups excluding carboxylic acids is 1. The Morgan fingerprint density at radius 2 is 2.27 bits per heavy atom. The first-order valence-electron chi connectivity index (χ1n) is 4.20. The lowest BCUT2D eigenvalue weighted by Gasteiger charge is -2.00. The fraction of sp³-hybridized carbons (Fsp3) is 0.0909. The molecule has 0 unspecified atom stereocenters. The minimum atomic E-state index is -1.09. The number of nitrogens with two attached hydrogens (primary N) is 1. The molecule has 0 aliphatic rings. The number of aldehydes is 1. The van der Waals surface area contributed by atoms with Crippen LogP contribution >= 0.6 is 0 Å². The summed E-state index contributed by atoms with van der Waals surface area (Å²) in [4.78, 5) is 20.7. The Morgan fingerprint density at radius 1 is 1.53 bits per heavy atom. The van der Waals surface area contributed by atoms with E-state index in [0.29, 0.717) is 11.8 Å². The summed E-state index contributed by atoms with van der Waals surface area (Å²) in [6.45, 7) is 0. The normalized spacial score (nSPS) is 8.80. The molecule has 0 aliphatic carbocycles. The van der Waals surface area contributed by atoms with E-state index in [0.717, 1.165) is 0 Å². The van der Waals surface area contributed by atoms with Crippen molar-refractivity contribution in [2.45, 2.75) is 6.42 Å². The number of rotatable bonds is 2. The lowest BCUT2D eigenvalue weighted by Crippen LogP contribution is -2.02. The number of anilines is 1. The quantitative estimate of drug-likeness (QED) is 0.425. The van der Waals surface area contributed by atoms with Gasteiger partial charge in [0.2, 0.25) is 0 Å². The van der Waals surface area contributed by atoms with E-state index in [2.05, 4.69) is 11.8 Å². The van der Waals surface area contributed by atoms with Gasteiger partial charge < -0.3 is 15.6 Å². The highest BCUT2D eigenvalue weighted by Crippen LogP contribution is 2.13. The van der Waals surface area contributed by atoms with Crippen LogP contribution in [0.4, 0.5) is 5.69 Å². The molecule has 0 atom stereocenters. The first-order chi connectivity index (χ1) is 7.15. The molecule has 1 aromatic carbocycles. The molecule has 0 saturated carbocycles. The van der Waals surface area contributed by atoms with Crippen molar-refractivity contribution in [3.05, 3.63) is 29.3 Å². The second-order valence-corrected chi connectivity index (χ2v) is 2.78. The molecule has 4 nitrogen and oxygen atoms in total. The van der Waals surface area contributed by atoms with E-state index >= 15 is 0 Å². The maximum absolute atomic E-state index is 10.7. The molecule has 0 heterocycles. The molecule has 0 saturated heterocycles. The number of carboxylic acids is 1. The summed E-state index contributed by atoms with van der Waals surface area (Å²) in [5, 5.41) is 8.78. The molecule has 76 valence electrons. The van der Waals surface area contributed by atoms with Crippen LogP contribution in [0.1, 0.15) is 22.3 Å². The zero-order valence-corrected chi connectivity index (χ0v) is 7.86. The van der Waals surface area contributed by atoms with Gasteiger partial charge in [0.1, 0.15) is 6.29 Å². The summed E-state index contributed by atoms with van der Waals surface area (Å²) in [5.41, 5.74) is 6.21. The van der Waals surface area contributed by atoms with E-state index in [1.165, 1.54) is 12.1 Å². The van der Waals surface area contributed by atoms with Crippen LogP contribution in [0.2, 0.25) is 0 Å². The zero-order valence-electron chi connectivity index (χ0n) is 7.86. The summed E-state index contributed by atoms with van der Waals surface area (Å²) in [7, 11) is 0. The predicted octanol–water partition coefficient (Wildman–Crippen LogP) is 0.907. The number of hydrogen-bond acceptors (Lipinski definition) is 3. The summed E-state index contributed by atoms with van der Waals surface area (Å²) < 4.78 is 0. The molecule has 1 rings (SSSR count). The number of aromatic carboxylic acids is 1. The highest BCUT2D eigenvalue weighted by atomic mass is 16.4. The van der Waals surface area contributed by atoms with Crippen molar-refractivity contribution in [1.29, 1.82) is 0 Å². The molecule has 0 radical (unpaired) electrons. The molecule has 0 fully saturated rings. The van der Waals surface area contributed by atoms with Gasteiger partial charge in [0.25, 0.3) is 0 Å². The number of carboxylic acid groups (broad SMARTS) is 1. The minimum Gasteiger partial charge on any atom is -0.478 e. The summed E-state index contributed by atoms with van der Waals surface area (Å²) in [6.07, 6.45) is 0.815. The molecule has 15 heavy (non-hydrogen) atoms. The minimum absolute atomic E-state index is 0.0212. The molecular weight excluding hydrogens is 194 g/mol. The van der Waals surface area contributed by atoms with Crippen LogP contribution in [-0.2, 0) is 4.79 Å². The van der Waals surface area contributed by atoms with Gasteiger partial charge in [0.05, 0.1) is 12.0 Å². The molecule has 0 bridgehead atoms. The Bertz CT molecular complexity index is 455. The predicted molar refractivity (Wildman–Crippen MR) is 55.4 cm³/mol. The van der Waals surface area contributed by atoms with Gasteiger partial charge in [0.15, 0.2) is 0 Å². The molecular formula is C11H9NO3. The molecule has 0 aromatic heterocycles. The molecule has 0 aliphatic heterocycles. The van der Waals surface area contributed by atoms with Gasteiger partial charge in [-0.25, -0.2) is 4.79 Å². The largest absolute Gasteiger partial charge is 0.478 e. The fourth-order valence-corrected chi connectivity index (χ4v) is 1.01. The van der Waals surface area contributed by atoms with E-state index in [1.807, 2.05) is 0 Å². The molecule has 4 heteroatoms. The second-order valence-electron chi connectivity index (χ2n) is 2.78. The third kappa shape index (κ3) is 2.85. The topological polar surface area (TPSA) is 80.4 Å². The fourth-order valence-electron chi connectivity index (χ4n) is 1.01. The van der Waals surface area contributed by atoms with Gasteiger partial charge >= 0.3 is 5.97 Å². The highest BCUT2D eigenvalue weighted by molar-refractivity contribution is 5.94. The van der Waals surface area contributed by atoms with Crippen molar-refractivity contribution in [3.8, 4) is 11.8 Å². The average molecular weight is 203 g/mol. The Balaban J connectivity index is 3.04. The first-order valence-corrected chi connectivity index (χ1v) is 4.20. The van der Waals surface area contributed by atoms with Gasteiger partial charge in [-0.3, -0.25) is 0 Å².